The van der Waals surface area contributed by atoms with Crippen molar-refractivity contribution in [1.82, 2.24) is 0 Å². The van der Waals surface area contributed by atoms with E-state index in [2.05, 4.69) is 46.2 Å². The fourth-order valence-corrected chi connectivity index (χ4v) is 7.11. The van der Waals surface area contributed by atoms with Crippen molar-refractivity contribution >= 4 is 28.4 Å². The van der Waals surface area contributed by atoms with E-state index >= 15 is 0 Å². The van der Waals surface area contributed by atoms with Gasteiger partial charge in [-0.15, -0.1) is 0 Å². The van der Waals surface area contributed by atoms with Crippen molar-refractivity contribution in [3.8, 4) is 0 Å². The van der Waals surface area contributed by atoms with Gasteiger partial charge in [-0.2, -0.15) is 0 Å². The van der Waals surface area contributed by atoms with Gasteiger partial charge in [0, 0.05) is 24.5 Å². The molecular weight excluding hydrogens is 448 g/mol. The van der Waals surface area contributed by atoms with E-state index in [1.54, 1.807) is 6.08 Å². The summed E-state index contributed by atoms with van der Waals surface area (Å²) >= 11 is 0. The number of carbonyl (C=O) groups excluding carboxylic acids is 1. The third-order valence-corrected chi connectivity index (χ3v) is 7.96. The van der Waals surface area contributed by atoms with Gasteiger partial charge in [0.15, 0.2) is 16.6 Å². The maximum absolute atomic E-state index is 12.9. The molecule has 33 heavy (non-hydrogen) atoms. The van der Waals surface area contributed by atoms with Crippen molar-refractivity contribution in [2.24, 2.45) is 11.8 Å². The first kappa shape index (κ1) is 30.0. The lowest BCUT2D eigenvalue weighted by molar-refractivity contribution is -0.131. The summed E-state index contributed by atoms with van der Waals surface area (Å²) in [6, 6.07) is 0. The third kappa shape index (κ3) is 13.4. The first-order valence-corrected chi connectivity index (χ1v) is 19.6. The van der Waals surface area contributed by atoms with Crippen LogP contribution in [0.2, 0.25) is 39.3 Å². The molecule has 1 aliphatic carbocycles. The van der Waals surface area contributed by atoms with Crippen LogP contribution in [0.1, 0.15) is 64.7 Å². The van der Waals surface area contributed by atoms with Crippen molar-refractivity contribution in [2.45, 2.75) is 116 Å². The number of rotatable bonds is 16. The minimum atomic E-state index is -1.74. The Kier molecular flexibility index (Phi) is 13.1. The van der Waals surface area contributed by atoms with Crippen molar-refractivity contribution < 1.29 is 23.5 Å². The van der Waals surface area contributed by atoms with Gasteiger partial charge in [0.05, 0.1) is 6.10 Å². The minimum Gasteiger partial charge on any atom is -0.478 e. The number of hydrogen-bond donors (Lipinski definition) is 1. The fourth-order valence-electron chi connectivity index (χ4n) is 4.71. The van der Waals surface area contributed by atoms with Crippen LogP contribution in [0.4, 0.5) is 0 Å². The van der Waals surface area contributed by atoms with Crippen LogP contribution in [0.15, 0.2) is 24.3 Å². The van der Waals surface area contributed by atoms with Gasteiger partial charge in [-0.3, -0.25) is 4.79 Å². The number of hydrogen-bond acceptors (Lipinski definition) is 4. The molecule has 0 radical (unpaired) electrons. The number of allylic oxidation sites excluding steroid dienone is 3. The summed E-state index contributed by atoms with van der Waals surface area (Å²) in [6.45, 7) is 15.6. The van der Waals surface area contributed by atoms with E-state index in [0.29, 0.717) is 18.3 Å². The molecule has 0 amide bonds. The quantitative estimate of drug-likeness (QED) is 0.142. The minimum absolute atomic E-state index is 0.0338. The molecule has 1 saturated carbocycles. The van der Waals surface area contributed by atoms with Crippen molar-refractivity contribution in [3.63, 3.8) is 0 Å². The summed E-state index contributed by atoms with van der Waals surface area (Å²) < 4.78 is 13.0. The Hall–Kier alpha value is -1.03. The standard InChI is InChI=1S/C26H48O5Si2/c1-8-9-15-21(30-32(2,3)4)16-14-18-23-22(17-12-10-11-13-19-26(28)29)24(27)20-25(23)31-33(5,6)7/h10-11,13,19,21-23,25H,8-9,12,14-18,20H2,1-7H3,(H,28,29)/t21?,22-,23-,25-/m1/s1. The summed E-state index contributed by atoms with van der Waals surface area (Å²) in [4.78, 5) is 23.5. The second-order valence-corrected chi connectivity index (χ2v) is 20.3. The Bertz CT molecular complexity index is 661. The maximum atomic E-state index is 12.9. The molecule has 0 aliphatic heterocycles. The van der Waals surface area contributed by atoms with E-state index in [1.807, 2.05) is 6.08 Å². The lowest BCUT2D eigenvalue weighted by atomic mass is 9.85. The summed E-state index contributed by atoms with van der Waals surface area (Å²) in [6.07, 6.45) is 15.5. The van der Waals surface area contributed by atoms with Crippen LogP contribution >= 0.6 is 0 Å². The Balaban J connectivity index is 2.79. The van der Waals surface area contributed by atoms with E-state index in [0.717, 1.165) is 44.6 Å². The number of unbranched alkanes of at least 4 members (excludes halogenated alkanes) is 1. The number of Topliss-reactive ketones (excluding diaryl/α,β-unsaturated/α-hetero) is 1. The zero-order chi connectivity index (χ0) is 25.1. The first-order valence-electron chi connectivity index (χ1n) is 12.8. The van der Waals surface area contributed by atoms with Gasteiger partial charge in [0.25, 0.3) is 0 Å². The molecule has 0 heterocycles. The molecule has 0 bridgehead atoms. The molecule has 1 aliphatic rings. The summed E-state index contributed by atoms with van der Waals surface area (Å²) in [7, 11) is -3.32. The van der Waals surface area contributed by atoms with Crippen LogP contribution in [-0.4, -0.2) is 45.7 Å². The van der Waals surface area contributed by atoms with E-state index in [-0.39, 0.29) is 17.9 Å². The molecule has 5 nitrogen and oxygen atoms in total. The molecule has 0 aromatic carbocycles. The zero-order valence-electron chi connectivity index (χ0n) is 22.1. The number of carbonyl (C=O) groups is 2. The normalized spacial score (nSPS) is 23.1. The second kappa shape index (κ2) is 14.4. The highest BCUT2D eigenvalue weighted by Crippen LogP contribution is 2.39. The predicted octanol–water partition coefficient (Wildman–Crippen LogP) is 6.97. The van der Waals surface area contributed by atoms with Gasteiger partial charge in [-0.05, 0) is 77.3 Å². The van der Waals surface area contributed by atoms with Gasteiger partial charge < -0.3 is 14.0 Å². The number of aliphatic carboxylic acids is 1. The molecule has 0 aromatic heterocycles. The number of ketones is 1. The monoisotopic (exact) mass is 496 g/mol. The Morgan fingerprint density at radius 2 is 1.73 bits per heavy atom. The second-order valence-electron chi connectivity index (χ2n) is 11.3. The van der Waals surface area contributed by atoms with Crippen LogP contribution in [0, 0.1) is 11.8 Å². The van der Waals surface area contributed by atoms with Crippen LogP contribution in [0.5, 0.6) is 0 Å². The smallest absolute Gasteiger partial charge is 0.328 e. The summed E-state index contributed by atoms with van der Waals surface area (Å²) in [5.41, 5.74) is 0. The van der Waals surface area contributed by atoms with Crippen molar-refractivity contribution in [1.29, 1.82) is 0 Å². The molecule has 1 N–H and O–H groups in total. The van der Waals surface area contributed by atoms with E-state index < -0.39 is 22.6 Å². The molecule has 1 fully saturated rings. The lowest BCUT2D eigenvalue weighted by Crippen LogP contribution is -2.35. The van der Waals surface area contributed by atoms with E-state index in [9.17, 15) is 9.59 Å². The first-order chi connectivity index (χ1) is 15.3. The van der Waals surface area contributed by atoms with Gasteiger partial charge in [-0.1, -0.05) is 44.4 Å². The van der Waals surface area contributed by atoms with Crippen LogP contribution in [-0.2, 0) is 18.4 Å². The Labute approximate surface area is 204 Å². The van der Waals surface area contributed by atoms with Crippen LogP contribution < -0.4 is 0 Å². The molecule has 7 heteroatoms. The van der Waals surface area contributed by atoms with Crippen molar-refractivity contribution in [2.75, 3.05) is 0 Å². The number of carboxylic acids is 1. The highest BCUT2D eigenvalue weighted by Gasteiger charge is 2.43. The molecule has 4 atom stereocenters. The highest BCUT2D eigenvalue weighted by atomic mass is 28.4. The SMILES string of the molecule is CCCCC(CCC[C@H]1[C@H](O[Si](C)(C)C)CC(=O)[C@@H]1CCC=CC=CC(=O)O)O[Si](C)(C)C. The molecule has 0 saturated heterocycles. The zero-order valence-corrected chi connectivity index (χ0v) is 24.1. The Morgan fingerprint density at radius 3 is 2.30 bits per heavy atom. The summed E-state index contributed by atoms with van der Waals surface area (Å²) in [5, 5.41) is 8.68. The third-order valence-electron chi connectivity index (χ3n) is 5.91. The lowest BCUT2D eigenvalue weighted by Gasteiger charge is -2.31. The van der Waals surface area contributed by atoms with Gasteiger partial charge >= 0.3 is 5.97 Å². The molecule has 1 unspecified atom stereocenters. The van der Waals surface area contributed by atoms with Crippen LogP contribution in [0.3, 0.4) is 0 Å². The number of carboxylic acid groups (broad SMARTS) is 1. The summed E-state index contributed by atoms with van der Waals surface area (Å²) in [5.74, 6) is -0.316. The molecule has 190 valence electrons. The van der Waals surface area contributed by atoms with Crippen LogP contribution in [0.25, 0.3) is 0 Å². The van der Waals surface area contributed by atoms with E-state index in [4.69, 9.17) is 14.0 Å². The molecule has 1 rings (SSSR count). The van der Waals surface area contributed by atoms with Gasteiger partial charge in [0.1, 0.15) is 5.78 Å². The maximum Gasteiger partial charge on any atom is 0.328 e. The average Bonchev–Trinajstić information content (AvgIpc) is 2.94. The predicted molar refractivity (Wildman–Crippen MR) is 142 cm³/mol. The molecule has 0 spiro atoms. The highest BCUT2D eigenvalue weighted by molar-refractivity contribution is 6.70. The average molecular weight is 497 g/mol. The molecular formula is C26H48O5Si2. The Morgan fingerprint density at radius 1 is 1.06 bits per heavy atom. The van der Waals surface area contributed by atoms with E-state index in [1.165, 1.54) is 18.9 Å². The largest absolute Gasteiger partial charge is 0.478 e. The van der Waals surface area contributed by atoms with Crippen molar-refractivity contribution in [3.05, 3.63) is 24.3 Å². The van der Waals surface area contributed by atoms with Gasteiger partial charge in [0.2, 0.25) is 0 Å². The fraction of sp³-hybridized carbons (Fsp3) is 0.769. The molecule has 0 aromatic rings. The van der Waals surface area contributed by atoms with Gasteiger partial charge in [-0.25, -0.2) is 4.79 Å². The topological polar surface area (TPSA) is 72.8 Å².